The summed E-state index contributed by atoms with van der Waals surface area (Å²) in [4.78, 5) is 112. The molecule has 3 aliphatic rings. The van der Waals surface area contributed by atoms with Gasteiger partial charge in [-0.3, -0.25) is 33.8 Å². The number of amides is 7. The zero-order valence-electron chi connectivity index (χ0n) is 36.8. The Balaban J connectivity index is 1.07. The minimum Gasteiger partial charge on any atom is -0.497 e. The molecule has 4 aromatic rings. The number of fused-ring (bicyclic) bond motifs is 1. The number of nitrogens with zero attached hydrogens (tertiary/aromatic N) is 4. The van der Waals surface area contributed by atoms with E-state index in [2.05, 4.69) is 20.9 Å². The molecule has 0 spiro atoms. The third kappa shape index (κ3) is 9.99. The first kappa shape index (κ1) is 47.8. The molecule has 0 aliphatic carbocycles. The molecule has 354 valence electrons. The number of aliphatic carboxylic acids is 1. The monoisotopic (exact) mass is 951 g/mol. The minimum absolute atomic E-state index is 0.0127. The number of hydrogen-bond acceptors (Lipinski definition) is 15. The molecule has 3 atom stereocenters. The number of thioether (sulfide) groups is 1. The molecule has 0 bridgehead atoms. The highest BCUT2D eigenvalue weighted by Gasteiger charge is 2.66. The molecular formula is C46H45N7O14S. The second-order valence-corrected chi connectivity index (χ2v) is 16.2. The van der Waals surface area contributed by atoms with E-state index < -0.39 is 71.0 Å². The maximum Gasteiger partial charge on any atom is 0.357 e. The van der Waals surface area contributed by atoms with Gasteiger partial charge in [-0.1, -0.05) is 54.6 Å². The number of esters is 1. The molecule has 7 rings (SSSR count). The Bertz CT molecular complexity index is 2630. The third-order valence-corrected chi connectivity index (χ3v) is 12.5. The molecule has 2 saturated heterocycles. The summed E-state index contributed by atoms with van der Waals surface area (Å²) in [5.74, 6) is -5.07. The van der Waals surface area contributed by atoms with E-state index in [4.69, 9.17) is 23.7 Å². The van der Waals surface area contributed by atoms with E-state index in [1.807, 2.05) is 12.1 Å². The number of ether oxygens (including phenoxy) is 5. The number of imide groups is 1. The maximum atomic E-state index is 14.1. The lowest BCUT2D eigenvalue weighted by Gasteiger charge is -2.56. The molecule has 3 aromatic carbocycles. The Morgan fingerprint density at radius 2 is 1.50 bits per heavy atom. The molecule has 68 heavy (non-hydrogen) atoms. The number of pyridine rings is 1. The van der Waals surface area contributed by atoms with Crippen molar-refractivity contribution in [2.45, 2.75) is 37.2 Å². The summed E-state index contributed by atoms with van der Waals surface area (Å²) in [6.45, 7) is 1.44. The molecule has 3 aliphatic heterocycles. The van der Waals surface area contributed by atoms with Gasteiger partial charge < -0.3 is 49.6 Å². The third-order valence-electron chi connectivity index (χ3n) is 11.1. The van der Waals surface area contributed by atoms with Gasteiger partial charge in [-0.15, -0.1) is 11.8 Å². The lowest BCUT2D eigenvalue weighted by Crippen LogP contribution is -2.85. The molecule has 21 nitrogen and oxygen atoms in total. The van der Waals surface area contributed by atoms with Crippen LogP contribution >= 0.6 is 11.8 Å². The largest absolute Gasteiger partial charge is 0.497 e. The summed E-state index contributed by atoms with van der Waals surface area (Å²) in [5, 5.41) is 16.5. The number of urea groups is 1. The number of carbonyl (C=O) groups is 8. The van der Waals surface area contributed by atoms with Crippen molar-refractivity contribution in [2.75, 3.05) is 46.2 Å². The van der Waals surface area contributed by atoms with Crippen molar-refractivity contribution < 1.29 is 67.1 Å². The highest BCUT2D eigenvalue weighted by Crippen LogP contribution is 2.45. The van der Waals surface area contributed by atoms with E-state index in [9.17, 15) is 43.5 Å². The Morgan fingerprint density at radius 1 is 0.868 bits per heavy atom. The van der Waals surface area contributed by atoms with Crippen LogP contribution in [0.2, 0.25) is 0 Å². The molecule has 0 radical (unpaired) electrons. The summed E-state index contributed by atoms with van der Waals surface area (Å²) >= 11 is 0.953. The van der Waals surface area contributed by atoms with Crippen LogP contribution in [-0.4, -0.2) is 130 Å². The van der Waals surface area contributed by atoms with Crippen LogP contribution in [0.25, 0.3) is 0 Å². The summed E-state index contributed by atoms with van der Waals surface area (Å²) in [7, 11) is 3.10. The van der Waals surface area contributed by atoms with Crippen LogP contribution in [0.4, 0.5) is 4.79 Å². The number of methoxy groups -OCH3 is 2. The molecule has 22 heteroatoms. The second-order valence-electron chi connectivity index (χ2n) is 15.2. The van der Waals surface area contributed by atoms with Crippen LogP contribution in [0.5, 0.6) is 23.0 Å². The number of carboxylic acid groups (broad SMARTS) is 1. The van der Waals surface area contributed by atoms with Crippen LogP contribution in [-0.2, 0) is 46.7 Å². The predicted octanol–water partition coefficient (Wildman–Crippen LogP) is 2.37. The number of rotatable bonds is 19. The lowest BCUT2D eigenvalue weighted by molar-refractivity contribution is -0.163. The smallest absolute Gasteiger partial charge is 0.357 e. The quantitative estimate of drug-likeness (QED) is 0.0346. The summed E-state index contributed by atoms with van der Waals surface area (Å²) in [5.41, 5.74) is -1.17. The highest BCUT2D eigenvalue weighted by molar-refractivity contribution is 8.00. The van der Waals surface area contributed by atoms with E-state index in [-0.39, 0.29) is 73.3 Å². The zero-order valence-corrected chi connectivity index (χ0v) is 37.6. The van der Waals surface area contributed by atoms with Crippen molar-refractivity contribution in [3.8, 4) is 23.0 Å². The van der Waals surface area contributed by atoms with Gasteiger partial charge in [0.2, 0.25) is 18.0 Å². The standard InChI is InChI=1S/C46H45N7O14S/c1-4-51-18-19-52(40(57)39(51)56)45(62)49-36(29-8-6-5-7-9-29)38(55)50-46(48-26-54)43(61)53-37(41(58)59)30(25-68-44(46)53)24-67-42(60)33-20-34(65-22-27-10-14-31(63-2)15-11-27)35(21-47-33)66-23-28-12-16-32(64-3)17-13-28/h5-17,20-21,26,36,44H,4,18-19,22-25H2,1-3H3,(H,48,54)(H,49,62)(H,50,55)(H,58,59)/t36-,44-,46-/m1/s1. The molecule has 4 N–H and O–H groups in total. The van der Waals surface area contributed by atoms with Gasteiger partial charge in [0.05, 0.1) is 20.4 Å². The number of carbonyl (C=O) groups excluding carboxylic acids is 7. The van der Waals surface area contributed by atoms with Gasteiger partial charge in [-0.2, -0.15) is 0 Å². The van der Waals surface area contributed by atoms with E-state index >= 15 is 0 Å². The molecule has 4 heterocycles. The Hall–Kier alpha value is -8.14. The number of piperazine rings is 1. The van der Waals surface area contributed by atoms with Crippen molar-refractivity contribution in [2.24, 2.45) is 0 Å². The Kier molecular flexibility index (Phi) is 14.8. The van der Waals surface area contributed by atoms with Gasteiger partial charge in [-0.05, 0) is 47.9 Å². The van der Waals surface area contributed by atoms with E-state index in [0.29, 0.717) is 16.4 Å². The molecule has 7 amide bonds. The average molecular weight is 952 g/mol. The summed E-state index contributed by atoms with van der Waals surface area (Å²) in [6, 6.07) is 20.8. The predicted molar refractivity (Wildman–Crippen MR) is 239 cm³/mol. The summed E-state index contributed by atoms with van der Waals surface area (Å²) in [6.07, 6.45) is 1.45. The van der Waals surface area contributed by atoms with E-state index in [0.717, 1.165) is 27.8 Å². The first-order chi connectivity index (χ1) is 32.8. The lowest BCUT2D eigenvalue weighted by atomic mass is 9.94. The second kappa shape index (κ2) is 21.0. The fourth-order valence-corrected chi connectivity index (χ4v) is 8.85. The number of aromatic nitrogens is 1. The highest BCUT2D eigenvalue weighted by atomic mass is 32.2. The van der Waals surface area contributed by atoms with Crippen molar-refractivity contribution >= 4 is 59.8 Å². The topological polar surface area (TPSA) is 262 Å². The SMILES string of the molecule is CCN1CCN(C(=O)N[C@@H](C(=O)N[C@]2(NC=O)C(=O)N3C(C(=O)O)=C(COC(=O)c4cc(OCc5ccc(OC)cc5)c(OCc5ccc(OC)cc5)cn4)CS[C@@H]32)c2ccccc2)C(=O)C1=O. The maximum absolute atomic E-state index is 14.1. The number of hydrogen-bond donors (Lipinski definition) is 4. The number of carboxylic acids is 1. The first-order valence-electron chi connectivity index (χ1n) is 20.9. The number of benzene rings is 3. The zero-order chi connectivity index (χ0) is 48.5. The van der Waals surface area contributed by atoms with Crippen molar-refractivity contribution in [3.05, 3.63) is 125 Å². The Morgan fingerprint density at radius 3 is 2.09 bits per heavy atom. The van der Waals surface area contributed by atoms with Crippen LogP contribution in [0.3, 0.4) is 0 Å². The van der Waals surface area contributed by atoms with Crippen LogP contribution in [0.1, 0.15) is 40.1 Å². The van der Waals surface area contributed by atoms with E-state index in [1.165, 1.54) is 29.3 Å². The Labute approximate surface area is 392 Å². The van der Waals surface area contributed by atoms with E-state index in [1.54, 1.807) is 75.7 Å². The molecular weight excluding hydrogens is 907 g/mol. The van der Waals surface area contributed by atoms with Gasteiger partial charge in [0.25, 0.3) is 5.91 Å². The normalized spacial score (nSPS) is 18.1. The summed E-state index contributed by atoms with van der Waals surface area (Å²) < 4.78 is 28.1. The molecule has 1 aromatic heterocycles. The van der Waals surface area contributed by atoms with Crippen molar-refractivity contribution in [1.82, 2.24) is 35.6 Å². The van der Waals surface area contributed by atoms with Crippen molar-refractivity contribution in [3.63, 3.8) is 0 Å². The van der Waals surface area contributed by atoms with Gasteiger partial charge in [0.15, 0.2) is 17.2 Å². The van der Waals surface area contributed by atoms with Gasteiger partial charge >= 0.3 is 29.8 Å². The van der Waals surface area contributed by atoms with Gasteiger partial charge in [0, 0.05) is 37.0 Å². The van der Waals surface area contributed by atoms with Crippen molar-refractivity contribution in [1.29, 1.82) is 0 Å². The number of nitrogens with one attached hydrogen (secondary N) is 3. The van der Waals surface area contributed by atoms with Crippen LogP contribution in [0.15, 0.2) is 102 Å². The fourth-order valence-electron chi connectivity index (χ4n) is 7.44. The number of β-lactam (4-membered cyclic amide) rings is 1. The molecule has 0 saturated carbocycles. The first-order valence-corrected chi connectivity index (χ1v) is 22.0. The molecule has 2 fully saturated rings. The fraction of sp³-hybridized carbons (Fsp3) is 0.283. The molecule has 0 unspecified atom stereocenters. The van der Waals surface area contributed by atoms with Crippen LogP contribution in [0, 0.1) is 0 Å². The number of likely N-dealkylation sites (N-methyl/N-ethyl adjacent to an activating group) is 1. The van der Waals surface area contributed by atoms with Gasteiger partial charge in [-0.25, -0.2) is 19.4 Å². The minimum atomic E-state index is -2.22. The van der Waals surface area contributed by atoms with Gasteiger partial charge in [0.1, 0.15) is 48.4 Å². The van der Waals surface area contributed by atoms with Crippen LogP contribution < -0.4 is 34.9 Å². The average Bonchev–Trinajstić information content (AvgIpc) is 3.36.